The van der Waals surface area contributed by atoms with Gasteiger partial charge in [0.05, 0.1) is 17.6 Å². The summed E-state index contributed by atoms with van der Waals surface area (Å²) in [4.78, 5) is 5.14. The van der Waals surface area contributed by atoms with E-state index in [9.17, 15) is 0 Å². The van der Waals surface area contributed by atoms with Crippen LogP contribution in [0.5, 0.6) is 0 Å². The van der Waals surface area contributed by atoms with Gasteiger partial charge in [-0.2, -0.15) is 0 Å². The molecular weight excluding hydrogens is 773 g/mol. The van der Waals surface area contributed by atoms with E-state index in [0.29, 0.717) is 6.42 Å². The summed E-state index contributed by atoms with van der Waals surface area (Å²) in [6.07, 6.45) is 5.97. The van der Waals surface area contributed by atoms with Crippen LogP contribution in [0.2, 0.25) is 0 Å². The minimum Gasteiger partial charge on any atom is -0.312 e. The zero-order valence-electron chi connectivity index (χ0n) is 40.0. The summed E-state index contributed by atoms with van der Waals surface area (Å²) in [5.41, 5.74) is 21.4. The topological polar surface area (TPSA) is 11.4 Å². The Morgan fingerprint density at radius 1 is 0.469 bits per heavy atom. The maximum Gasteiger partial charge on any atom is 0.252 e. The Labute approximate surface area is 382 Å². The molecule has 0 N–H and O–H groups in total. The van der Waals surface area contributed by atoms with Crippen molar-refractivity contribution >= 4 is 74.2 Å². The first kappa shape index (κ1) is 41.8. The first-order valence-electron chi connectivity index (χ1n) is 23.3. The zero-order chi connectivity index (χ0) is 45.1. The van der Waals surface area contributed by atoms with Crippen molar-refractivity contribution in [2.45, 2.75) is 118 Å². The van der Waals surface area contributed by atoms with Crippen molar-refractivity contribution in [2.24, 2.45) is 0 Å². The molecule has 0 amide bonds. The maximum absolute atomic E-state index is 3.55. The largest absolute Gasteiger partial charge is 0.312 e. The Kier molecular flexibility index (Phi) is 9.59. The number of hydrogen-bond donors (Lipinski definition) is 0. The minimum atomic E-state index is -0.0315. The van der Waals surface area contributed by atoms with Gasteiger partial charge in [-0.25, -0.2) is 0 Å². The van der Waals surface area contributed by atoms with Gasteiger partial charge in [-0.1, -0.05) is 174 Å². The number of benzene rings is 6. The highest BCUT2D eigenvalue weighted by molar-refractivity contribution is 7.00. The molecule has 0 bridgehead atoms. The monoisotopic (exact) mass is 836 g/mol. The Hall–Kier alpha value is -6.18. The Bertz CT molecular complexity index is 2940. The summed E-state index contributed by atoms with van der Waals surface area (Å²) in [5.74, 6) is 6.96. The predicted molar refractivity (Wildman–Crippen MR) is 277 cm³/mol. The molecule has 7 aromatic rings. The van der Waals surface area contributed by atoms with Crippen LogP contribution in [0, 0.1) is 11.8 Å². The highest BCUT2D eigenvalue weighted by Crippen LogP contribution is 2.47. The Balaban J connectivity index is 1.36. The molecule has 0 saturated carbocycles. The number of hydrogen-bond acceptors (Lipinski definition) is 2. The molecule has 1 aliphatic carbocycles. The fourth-order valence-electron chi connectivity index (χ4n) is 10.3. The van der Waals surface area contributed by atoms with Gasteiger partial charge in [0.1, 0.15) is 0 Å². The zero-order valence-corrected chi connectivity index (χ0v) is 40.0. The first-order valence-corrected chi connectivity index (χ1v) is 23.3. The highest BCUT2D eigenvalue weighted by atomic mass is 15.2. The van der Waals surface area contributed by atoms with E-state index in [1.807, 2.05) is 0 Å². The molecule has 0 unspecified atom stereocenters. The molecule has 1 aromatic heterocycles. The lowest BCUT2D eigenvalue weighted by molar-refractivity contribution is 0.590. The van der Waals surface area contributed by atoms with Crippen LogP contribution in [-0.2, 0) is 28.1 Å². The van der Waals surface area contributed by atoms with E-state index in [2.05, 4.69) is 243 Å². The molecule has 64 heavy (non-hydrogen) atoms. The number of fused-ring (bicyclic) bond motifs is 7. The molecule has 4 heteroatoms. The second-order valence-electron chi connectivity index (χ2n) is 22.5. The molecular formula is C60H62BN3. The smallest absolute Gasteiger partial charge is 0.252 e. The summed E-state index contributed by atoms with van der Waals surface area (Å²) in [6, 6.07) is 47.3. The fraction of sp³-hybridized carbons (Fsp3) is 0.300. The van der Waals surface area contributed by atoms with Gasteiger partial charge >= 0.3 is 0 Å². The lowest BCUT2D eigenvalue weighted by Gasteiger charge is -2.45. The number of allylic oxidation sites excluding steroid dienone is 1. The van der Waals surface area contributed by atoms with E-state index in [1.165, 1.54) is 83.6 Å². The molecule has 0 atom stereocenters. The molecule has 3 heterocycles. The molecule has 0 radical (unpaired) electrons. The van der Waals surface area contributed by atoms with Crippen molar-refractivity contribution in [3.05, 3.63) is 161 Å². The van der Waals surface area contributed by atoms with Crippen LogP contribution in [0.1, 0.15) is 123 Å². The summed E-state index contributed by atoms with van der Waals surface area (Å²) in [7, 11) is 0. The number of aromatic nitrogens is 1. The van der Waals surface area contributed by atoms with Crippen molar-refractivity contribution in [1.82, 2.24) is 4.57 Å². The van der Waals surface area contributed by atoms with Crippen LogP contribution in [0.15, 0.2) is 127 Å². The van der Waals surface area contributed by atoms with E-state index in [0.717, 1.165) is 23.5 Å². The molecule has 3 nitrogen and oxygen atoms in total. The second kappa shape index (κ2) is 14.7. The van der Waals surface area contributed by atoms with Gasteiger partial charge in [0.25, 0.3) is 6.71 Å². The molecule has 320 valence electrons. The maximum atomic E-state index is 3.55. The second-order valence-corrected chi connectivity index (χ2v) is 22.5. The van der Waals surface area contributed by atoms with Gasteiger partial charge in [0.15, 0.2) is 0 Å². The van der Waals surface area contributed by atoms with Gasteiger partial charge in [-0.15, -0.1) is 0 Å². The predicted octanol–water partition coefficient (Wildman–Crippen LogP) is 13.9. The van der Waals surface area contributed by atoms with Gasteiger partial charge in [-0.3, -0.25) is 0 Å². The van der Waals surface area contributed by atoms with E-state index in [4.69, 9.17) is 0 Å². The van der Waals surface area contributed by atoms with Crippen LogP contribution in [0.25, 0.3) is 22.7 Å². The number of rotatable bonds is 3. The lowest BCUT2D eigenvalue weighted by atomic mass is 9.33. The highest BCUT2D eigenvalue weighted by Gasteiger charge is 2.45. The quantitative estimate of drug-likeness (QED) is 0.130. The number of nitrogens with zero attached hydrogens (tertiary/aromatic N) is 3. The molecule has 10 rings (SSSR count). The van der Waals surface area contributed by atoms with Crippen LogP contribution in [-0.4, -0.2) is 11.3 Å². The number of anilines is 6. The van der Waals surface area contributed by atoms with E-state index >= 15 is 0 Å². The fourth-order valence-corrected chi connectivity index (χ4v) is 10.3. The molecule has 0 saturated heterocycles. The van der Waals surface area contributed by atoms with Crippen LogP contribution in [0.3, 0.4) is 0 Å². The lowest BCUT2D eigenvalue weighted by Crippen LogP contribution is -2.61. The Morgan fingerprint density at radius 3 is 1.42 bits per heavy atom. The van der Waals surface area contributed by atoms with Crippen molar-refractivity contribution in [2.75, 3.05) is 9.80 Å². The third-order valence-corrected chi connectivity index (χ3v) is 13.9. The normalized spacial score (nSPS) is 15.1. The molecule has 6 aromatic carbocycles. The van der Waals surface area contributed by atoms with Crippen molar-refractivity contribution in [1.29, 1.82) is 0 Å². The first-order chi connectivity index (χ1) is 30.3. The van der Waals surface area contributed by atoms with Gasteiger partial charge in [0, 0.05) is 57.2 Å². The van der Waals surface area contributed by atoms with Crippen molar-refractivity contribution in [3.8, 4) is 17.5 Å². The summed E-state index contributed by atoms with van der Waals surface area (Å²) >= 11 is 0. The SMILES string of the molecule is CC(C)(C)c1ccc(N2c3ccc(C(C)(C)C)cc3B3c4cc(C(C)(C)C)ccc4N(c4ccc(C(C)(C)C)cc4)c4cc(-n5c6c(c7ccccc75)/C=C\CC#CC6)cc2c43)cc1. The van der Waals surface area contributed by atoms with Gasteiger partial charge in [-0.05, 0) is 115 Å². The molecule has 0 fully saturated rings. The minimum absolute atomic E-state index is 0.000296. The summed E-state index contributed by atoms with van der Waals surface area (Å²) in [6.45, 7) is 27.8. The number of para-hydroxylation sites is 1. The van der Waals surface area contributed by atoms with E-state index in [-0.39, 0.29) is 28.4 Å². The average Bonchev–Trinajstić information content (AvgIpc) is 3.53. The third-order valence-electron chi connectivity index (χ3n) is 13.9. The third kappa shape index (κ3) is 6.91. The Morgan fingerprint density at radius 2 is 0.938 bits per heavy atom. The van der Waals surface area contributed by atoms with E-state index in [1.54, 1.807) is 0 Å². The van der Waals surface area contributed by atoms with Crippen molar-refractivity contribution < 1.29 is 0 Å². The molecule has 2 aliphatic heterocycles. The summed E-state index contributed by atoms with van der Waals surface area (Å²) < 4.78 is 2.51. The van der Waals surface area contributed by atoms with Gasteiger partial charge in [0.2, 0.25) is 0 Å². The van der Waals surface area contributed by atoms with Crippen molar-refractivity contribution in [3.63, 3.8) is 0 Å². The molecule has 0 spiro atoms. The van der Waals surface area contributed by atoms with Crippen LogP contribution < -0.4 is 26.2 Å². The van der Waals surface area contributed by atoms with Crippen LogP contribution in [0.4, 0.5) is 34.1 Å². The molecule has 3 aliphatic rings. The summed E-state index contributed by atoms with van der Waals surface area (Å²) in [5, 5.41) is 1.26. The average molecular weight is 836 g/mol. The van der Waals surface area contributed by atoms with E-state index < -0.39 is 0 Å². The standard InChI is InChI=1S/C60H62BN3/c1-57(2,3)39-23-29-43(30-24-39)62-52-33-27-41(59(7,8)9)35-48(52)61-49-36-42(60(10,11)12)28-34-53(49)63(44-31-25-40(26-32-44)58(4,5)6)55-38-45(37-54(62)56(55)61)64-50-21-16-14-13-15-19-46(50)47-20-17-18-22-51(47)64/h15,17-20,22-38H,13,21H2,1-12H3/b19-15-. The van der Waals surface area contributed by atoms with Gasteiger partial charge < -0.3 is 14.4 Å². The van der Waals surface area contributed by atoms with Crippen LogP contribution >= 0.6 is 0 Å².